The molecule has 0 bridgehead atoms. The molecular formula is C20H17ClFN3O. The van der Waals surface area contributed by atoms with Gasteiger partial charge in [0.2, 0.25) is 0 Å². The van der Waals surface area contributed by atoms with Gasteiger partial charge in [-0.1, -0.05) is 29.8 Å². The number of nitrogens with zero attached hydrogens (tertiary/aromatic N) is 2. The molecule has 4 rings (SSSR count). The first-order valence-corrected chi connectivity index (χ1v) is 8.82. The number of para-hydroxylation sites is 1. The summed E-state index contributed by atoms with van der Waals surface area (Å²) in [5.74, 6) is -0.614. The number of anilines is 1. The van der Waals surface area contributed by atoms with Crippen molar-refractivity contribution < 1.29 is 9.18 Å². The fraction of sp³-hybridized carbons (Fsp3) is 0.200. The molecule has 0 spiro atoms. The topological polar surface area (TPSA) is 46.9 Å². The highest BCUT2D eigenvalue weighted by molar-refractivity contribution is 6.31. The number of hydrogen-bond donors (Lipinski definition) is 1. The summed E-state index contributed by atoms with van der Waals surface area (Å²) in [5, 5.41) is 7.43. The Balaban J connectivity index is 1.72. The van der Waals surface area contributed by atoms with E-state index >= 15 is 0 Å². The van der Waals surface area contributed by atoms with Gasteiger partial charge in [0.25, 0.3) is 5.91 Å². The molecular weight excluding hydrogens is 353 g/mol. The normalized spacial score (nSPS) is 13.7. The zero-order valence-corrected chi connectivity index (χ0v) is 14.9. The number of amides is 1. The second-order valence-corrected chi connectivity index (χ2v) is 6.93. The summed E-state index contributed by atoms with van der Waals surface area (Å²) in [5.41, 5.74) is 3.43. The van der Waals surface area contributed by atoms with E-state index in [0.29, 0.717) is 16.5 Å². The van der Waals surface area contributed by atoms with Crippen LogP contribution in [-0.4, -0.2) is 15.7 Å². The second kappa shape index (κ2) is 6.57. The van der Waals surface area contributed by atoms with Gasteiger partial charge in [0.1, 0.15) is 5.82 Å². The first-order valence-electron chi connectivity index (χ1n) is 8.45. The van der Waals surface area contributed by atoms with Gasteiger partial charge in [0, 0.05) is 10.9 Å². The zero-order chi connectivity index (χ0) is 18.3. The van der Waals surface area contributed by atoms with Crippen LogP contribution in [0.2, 0.25) is 5.02 Å². The van der Waals surface area contributed by atoms with Gasteiger partial charge in [0.15, 0.2) is 0 Å². The van der Waals surface area contributed by atoms with Crippen molar-refractivity contribution in [2.75, 3.05) is 5.32 Å². The Morgan fingerprint density at radius 3 is 2.77 bits per heavy atom. The van der Waals surface area contributed by atoms with Crippen molar-refractivity contribution >= 4 is 23.2 Å². The summed E-state index contributed by atoms with van der Waals surface area (Å²) in [6.07, 6.45) is 3.59. The molecule has 132 valence electrons. The van der Waals surface area contributed by atoms with Crippen molar-refractivity contribution in [3.8, 4) is 5.69 Å². The Labute approximate surface area is 155 Å². The molecule has 2 aromatic carbocycles. The Morgan fingerprint density at radius 2 is 2.04 bits per heavy atom. The third-order valence-electron chi connectivity index (χ3n) is 4.54. The number of carbonyl (C=O) groups is 1. The van der Waals surface area contributed by atoms with Crippen molar-refractivity contribution in [2.24, 2.45) is 0 Å². The lowest BCUT2D eigenvalue weighted by atomic mass is 10.1. The van der Waals surface area contributed by atoms with Gasteiger partial charge in [-0.05, 0) is 49.6 Å². The Kier molecular flexibility index (Phi) is 4.24. The molecule has 6 heteroatoms. The lowest BCUT2D eigenvalue weighted by molar-refractivity contribution is 0.102. The standard InChI is InChI=1S/C20H17ClFN3O/c1-12-4-2-3-5-18(12)25-19(13-6-7-13)15(11-23-25)20(26)24-17-10-14(21)8-9-16(17)22/h2-5,8-11,13H,6-7H2,1H3,(H,24,26). The second-order valence-electron chi connectivity index (χ2n) is 6.49. The lowest BCUT2D eigenvalue weighted by Crippen LogP contribution is -2.15. The summed E-state index contributed by atoms with van der Waals surface area (Å²) in [6, 6.07) is 12.0. The maximum atomic E-state index is 13.9. The third kappa shape index (κ3) is 3.10. The minimum atomic E-state index is -0.526. The molecule has 1 saturated carbocycles. The van der Waals surface area contributed by atoms with Crippen LogP contribution in [0.15, 0.2) is 48.7 Å². The number of benzene rings is 2. The quantitative estimate of drug-likeness (QED) is 0.695. The van der Waals surface area contributed by atoms with Crippen molar-refractivity contribution in [1.82, 2.24) is 9.78 Å². The van der Waals surface area contributed by atoms with E-state index in [-0.39, 0.29) is 11.6 Å². The molecule has 1 aliphatic rings. The first-order chi connectivity index (χ1) is 12.5. The average Bonchev–Trinajstić information content (AvgIpc) is 3.37. The van der Waals surface area contributed by atoms with Crippen molar-refractivity contribution in [2.45, 2.75) is 25.7 Å². The monoisotopic (exact) mass is 369 g/mol. The average molecular weight is 370 g/mol. The number of hydrogen-bond acceptors (Lipinski definition) is 2. The van der Waals surface area contributed by atoms with Gasteiger partial charge < -0.3 is 5.32 Å². The zero-order valence-electron chi connectivity index (χ0n) is 14.2. The molecule has 1 heterocycles. The molecule has 4 nitrogen and oxygen atoms in total. The molecule has 3 aromatic rings. The van der Waals surface area contributed by atoms with E-state index in [4.69, 9.17) is 11.6 Å². The summed E-state index contributed by atoms with van der Waals surface area (Å²) < 4.78 is 15.8. The molecule has 0 radical (unpaired) electrons. The summed E-state index contributed by atoms with van der Waals surface area (Å²) >= 11 is 5.91. The van der Waals surface area contributed by atoms with E-state index in [9.17, 15) is 9.18 Å². The van der Waals surface area contributed by atoms with E-state index in [1.807, 2.05) is 35.9 Å². The third-order valence-corrected chi connectivity index (χ3v) is 4.77. The van der Waals surface area contributed by atoms with Crippen LogP contribution in [0.25, 0.3) is 5.69 Å². The minimum absolute atomic E-state index is 0.0629. The number of halogens is 2. The van der Waals surface area contributed by atoms with E-state index in [1.54, 1.807) is 6.20 Å². The summed E-state index contributed by atoms with van der Waals surface area (Å²) in [6.45, 7) is 2.01. The smallest absolute Gasteiger partial charge is 0.259 e. The molecule has 1 aliphatic carbocycles. The van der Waals surface area contributed by atoms with Crippen LogP contribution in [-0.2, 0) is 0 Å². The van der Waals surface area contributed by atoms with Gasteiger partial charge in [-0.15, -0.1) is 0 Å². The largest absolute Gasteiger partial charge is 0.319 e. The summed E-state index contributed by atoms with van der Waals surface area (Å²) in [4.78, 5) is 12.8. The van der Waals surface area contributed by atoms with Crippen LogP contribution in [0.3, 0.4) is 0 Å². The molecule has 1 fully saturated rings. The van der Waals surface area contributed by atoms with Crippen LogP contribution in [0.4, 0.5) is 10.1 Å². The summed E-state index contributed by atoms with van der Waals surface area (Å²) in [7, 11) is 0. The molecule has 1 amide bonds. The van der Waals surface area contributed by atoms with Crippen LogP contribution in [0.1, 0.15) is 40.4 Å². The van der Waals surface area contributed by atoms with Crippen LogP contribution in [0.5, 0.6) is 0 Å². The van der Waals surface area contributed by atoms with Gasteiger partial charge in [0.05, 0.1) is 28.8 Å². The van der Waals surface area contributed by atoms with Gasteiger partial charge in [-0.3, -0.25) is 4.79 Å². The Morgan fingerprint density at radius 1 is 1.27 bits per heavy atom. The number of carbonyl (C=O) groups excluding carboxylic acids is 1. The van der Waals surface area contributed by atoms with Gasteiger partial charge in [-0.2, -0.15) is 5.10 Å². The predicted molar refractivity (Wildman–Crippen MR) is 99.6 cm³/mol. The first kappa shape index (κ1) is 16.8. The highest BCUT2D eigenvalue weighted by atomic mass is 35.5. The molecule has 26 heavy (non-hydrogen) atoms. The molecule has 0 aliphatic heterocycles. The highest BCUT2D eigenvalue weighted by Crippen LogP contribution is 2.43. The maximum absolute atomic E-state index is 13.9. The molecule has 0 unspecified atom stereocenters. The number of aromatic nitrogens is 2. The lowest BCUT2D eigenvalue weighted by Gasteiger charge is -2.12. The van der Waals surface area contributed by atoms with Crippen molar-refractivity contribution in [3.63, 3.8) is 0 Å². The van der Waals surface area contributed by atoms with Gasteiger partial charge >= 0.3 is 0 Å². The molecule has 1 aromatic heterocycles. The Hall–Kier alpha value is -2.66. The number of rotatable bonds is 4. The molecule has 1 N–H and O–H groups in total. The van der Waals surface area contributed by atoms with Crippen molar-refractivity contribution in [1.29, 1.82) is 0 Å². The fourth-order valence-corrected chi connectivity index (χ4v) is 3.23. The van der Waals surface area contributed by atoms with Crippen molar-refractivity contribution in [3.05, 3.63) is 76.3 Å². The van der Waals surface area contributed by atoms with Crippen LogP contribution >= 0.6 is 11.6 Å². The molecule has 0 atom stereocenters. The van der Waals surface area contributed by atoms with E-state index in [1.165, 1.54) is 18.2 Å². The fourth-order valence-electron chi connectivity index (χ4n) is 3.06. The predicted octanol–water partition coefficient (Wildman–Crippen LogP) is 5.10. The number of nitrogens with one attached hydrogen (secondary N) is 1. The van der Waals surface area contributed by atoms with E-state index < -0.39 is 5.82 Å². The molecule has 0 saturated heterocycles. The van der Waals surface area contributed by atoms with Gasteiger partial charge in [-0.25, -0.2) is 9.07 Å². The Bertz CT molecular complexity index is 994. The van der Waals surface area contributed by atoms with Crippen LogP contribution < -0.4 is 5.32 Å². The SMILES string of the molecule is Cc1ccccc1-n1ncc(C(=O)Nc2cc(Cl)ccc2F)c1C1CC1. The maximum Gasteiger partial charge on any atom is 0.259 e. The van der Waals surface area contributed by atoms with Crippen LogP contribution in [0, 0.1) is 12.7 Å². The minimum Gasteiger partial charge on any atom is -0.319 e. The number of aryl methyl sites for hydroxylation is 1. The van der Waals surface area contributed by atoms with E-state index in [0.717, 1.165) is 29.8 Å². The highest BCUT2D eigenvalue weighted by Gasteiger charge is 2.33. The van der Waals surface area contributed by atoms with E-state index in [2.05, 4.69) is 10.4 Å².